The fourth-order valence-electron chi connectivity index (χ4n) is 1.64. The van der Waals surface area contributed by atoms with E-state index in [-0.39, 0.29) is 11.8 Å². The molecule has 0 saturated heterocycles. The van der Waals surface area contributed by atoms with Crippen molar-refractivity contribution in [2.75, 3.05) is 11.2 Å². The summed E-state index contributed by atoms with van der Waals surface area (Å²) in [6.45, 7) is 0.728. The van der Waals surface area contributed by atoms with Gasteiger partial charge in [-0.05, 0) is 23.8 Å². The highest BCUT2D eigenvalue weighted by molar-refractivity contribution is 6.29. The molecule has 0 atom stereocenters. The Labute approximate surface area is 105 Å². The monoisotopic (exact) mass is 248 g/mol. The fraction of sp³-hybridized carbons (Fsp3) is 0.154. The molecule has 0 unspecified atom stereocenters. The van der Waals surface area contributed by atoms with Crippen molar-refractivity contribution in [2.45, 2.75) is 6.54 Å². The molecule has 1 aromatic heterocycles. The van der Waals surface area contributed by atoms with E-state index in [4.69, 9.17) is 11.6 Å². The molecular weight excluding hydrogens is 236 g/mol. The van der Waals surface area contributed by atoms with Gasteiger partial charge in [0.15, 0.2) is 0 Å². The van der Waals surface area contributed by atoms with Crippen LogP contribution in [0.4, 0.5) is 5.69 Å². The van der Waals surface area contributed by atoms with Crippen molar-refractivity contribution in [3.63, 3.8) is 0 Å². The van der Waals surface area contributed by atoms with Crippen LogP contribution in [0.15, 0.2) is 48.8 Å². The van der Waals surface area contributed by atoms with Gasteiger partial charge in [0.2, 0.25) is 5.91 Å². The van der Waals surface area contributed by atoms with Crippen molar-refractivity contribution in [2.24, 2.45) is 0 Å². The molecule has 0 bridgehead atoms. The van der Waals surface area contributed by atoms with Crippen molar-refractivity contribution in [3.05, 3.63) is 54.4 Å². The van der Waals surface area contributed by atoms with Gasteiger partial charge in [-0.25, -0.2) is 0 Å². The van der Waals surface area contributed by atoms with Crippen LogP contribution in [0.2, 0.25) is 0 Å². The van der Waals surface area contributed by atoms with Gasteiger partial charge in [-0.1, -0.05) is 18.2 Å². The topological polar surface area (TPSA) is 34.0 Å². The molecule has 1 aromatic carbocycles. The third-order valence-corrected chi connectivity index (χ3v) is 2.67. The lowest BCUT2D eigenvalue weighted by molar-refractivity contribution is -0.113. The lowest BCUT2D eigenvalue weighted by Gasteiger charge is -2.10. The fourth-order valence-corrected chi connectivity index (χ4v) is 1.70. The molecule has 1 N–H and O–H groups in total. The van der Waals surface area contributed by atoms with Crippen molar-refractivity contribution in [3.8, 4) is 0 Å². The molecule has 1 amide bonds. The van der Waals surface area contributed by atoms with Crippen molar-refractivity contribution >= 4 is 23.2 Å². The highest BCUT2D eigenvalue weighted by Crippen LogP contribution is 2.16. The first kappa shape index (κ1) is 11.7. The number of carbonyl (C=O) groups is 1. The number of rotatable bonds is 4. The maximum Gasteiger partial charge on any atom is 0.239 e. The summed E-state index contributed by atoms with van der Waals surface area (Å²) in [6.07, 6.45) is 3.97. The zero-order valence-electron chi connectivity index (χ0n) is 9.27. The van der Waals surface area contributed by atoms with Crippen LogP contribution < -0.4 is 5.32 Å². The van der Waals surface area contributed by atoms with E-state index in [0.717, 1.165) is 17.8 Å². The number of amides is 1. The largest absolute Gasteiger partial charge is 0.350 e. The van der Waals surface area contributed by atoms with E-state index >= 15 is 0 Å². The van der Waals surface area contributed by atoms with E-state index in [0.29, 0.717) is 0 Å². The Balaban J connectivity index is 2.18. The van der Waals surface area contributed by atoms with Crippen LogP contribution in [0.5, 0.6) is 0 Å². The predicted octanol–water partition coefficient (Wildman–Crippen LogP) is 2.71. The Hall–Kier alpha value is -1.74. The molecule has 2 rings (SSSR count). The minimum absolute atomic E-state index is 0.0299. The number of para-hydroxylation sites is 1. The highest BCUT2D eigenvalue weighted by Gasteiger charge is 2.05. The van der Waals surface area contributed by atoms with Gasteiger partial charge in [-0.3, -0.25) is 4.79 Å². The molecule has 0 spiro atoms. The average molecular weight is 249 g/mol. The Morgan fingerprint density at radius 3 is 2.59 bits per heavy atom. The average Bonchev–Trinajstić information content (AvgIpc) is 2.84. The van der Waals surface area contributed by atoms with Crippen LogP contribution in [0, 0.1) is 0 Å². The number of hydrogen-bond donors (Lipinski definition) is 1. The smallest absolute Gasteiger partial charge is 0.239 e. The van der Waals surface area contributed by atoms with E-state index in [1.54, 1.807) is 0 Å². The Morgan fingerprint density at radius 2 is 1.88 bits per heavy atom. The SMILES string of the molecule is O=C(CCl)Nc1ccccc1Cn1cccc1. The number of nitrogens with one attached hydrogen (secondary N) is 1. The standard InChI is InChI=1S/C13H13ClN2O/c14-9-13(17)15-12-6-2-1-5-11(12)10-16-7-3-4-8-16/h1-8H,9-10H2,(H,15,17). The Kier molecular flexibility index (Phi) is 3.83. The molecule has 4 heteroatoms. The van der Waals surface area contributed by atoms with Crippen molar-refractivity contribution in [1.29, 1.82) is 0 Å². The number of nitrogens with zero attached hydrogens (tertiary/aromatic N) is 1. The predicted molar refractivity (Wildman–Crippen MR) is 69.3 cm³/mol. The van der Waals surface area contributed by atoms with Gasteiger partial charge in [0.25, 0.3) is 0 Å². The minimum Gasteiger partial charge on any atom is -0.350 e. The summed E-state index contributed by atoms with van der Waals surface area (Å²) in [5, 5.41) is 2.79. The van der Waals surface area contributed by atoms with E-state index < -0.39 is 0 Å². The molecule has 2 aromatic rings. The first-order valence-electron chi connectivity index (χ1n) is 5.34. The number of benzene rings is 1. The Morgan fingerprint density at radius 1 is 1.18 bits per heavy atom. The van der Waals surface area contributed by atoms with E-state index in [1.807, 2.05) is 53.4 Å². The number of carbonyl (C=O) groups excluding carboxylic acids is 1. The summed E-state index contributed by atoms with van der Waals surface area (Å²) in [5.74, 6) is -0.218. The van der Waals surface area contributed by atoms with E-state index in [1.165, 1.54) is 0 Å². The normalized spacial score (nSPS) is 10.2. The van der Waals surface area contributed by atoms with E-state index in [9.17, 15) is 4.79 Å². The van der Waals surface area contributed by atoms with Crippen LogP contribution in [0.25, 0.3) is 0 Å². The molecule has 0 aliphatic heterocycles. The molecule has 3 nitrogen and oxygen atoms in total. The van der Waals surface area contributed by atoms with Gasteiger partial charge in [-0.2, -0.15) is 0 Å². The van der Waals surface area contributed by atoms with Crippen LogP contribution in [-0.2, 0) is 11.3 Å². The number of hydrogen-bond acceptors (Lipinski definition) is 1. The summed E-state index contributed by atoms with van der Waals surface area (Å²) < 4.78 is 2.05. The summed E-state index contributed by atoms with van der Waals surface area (Å²) >= 11 is 5.48. The number of aromatic nitrogens is 1. The second-order valence-corrected chi connectivity index (χ2v) is 3.96. The molecular formula is C13H13ClN2O. The van der Waals surface area contributed by atoms with Crippen LogP contribution in [-0.4, -0.2) is 16.4 Å². The molecule has 0 saturated carbocycles. The molecule has 0 aliphatic carbocycles. The van der Waals surface area contributed by atoms with Gasteiger partial charge in [0.05, 0.1) is 0 Å². The van der Waals surface area contributed by atoms with Crippen molar-refractivity contribution < 1.29 is 4.79 Å². The lowest BCUT2D eigenvalue weighted by atomic mass is 10.1. The van der Waals surface area contributed by atoms with Gasteiger partial charge in [0, 0.05) is 24.6 Å². The van der Waals surface area contributed by atoms with Crippen molar-refractivity contribution in [1.82, 2.24) is 4.57 Å². The molecule has 0 radical (unpaired) electrons. The van der Waals surface area contributed by atoms with Gasteiger partial charge < -0.3 is 9.88 Å². The first-order valence-corrected chi connectivity index (χ1v) is 5.87. The highest BCUT2D eigenvalue weighted by atomic mass is 35.5. The number of halogens is 1. The molecule has 88 valence electrons. The molecule has 0 fully saturated rings. The third-order valence-electron chi connectivity index (χ3n) is 2.43. The van der Waals surface area contributed by atoms with Gasteiger partial charge >= 0.3 is 0 Å². The maximum atomic E-state index is 11.3. The zero-order valence-corrected chi connectivity index (χ0v) is 10.0. The molecule has 0 aliphatic rings. The zero-order chi connectivity index (χ0) is 12.1. The van der Waals surface area contributed by atoms with Crippen LogP contribution >= 0.6 is 11.6 Å². The summed E-state index contributed by atoms with van der Waals surface area (Å²) in [5.41, 5.74) is 1.87. The van der Waals surface area contributed by atoms with Crippen LogP contribution in [0.3, 0.4) is 0 Å². The van der Waals surface area contributed by atoms with Crippen LogP contribution in [0.1, 0.15) is 5.56 Å². The first-order chi connectivity index (χ1) is 8.29. The number of alkyl halides is 1. The Bertz CT molecular complexity index is 494. The minimum atomic E-state index is -0.188. The molecule has 1 heterocycles. The van der Waals surface area contributed by atoms with Gasteiger partial charge in [0.1, 0.15) is 5.88 Å². The second kappa shape index (κ2) is 5.55. The summed E-state index contributed by atoms with van der Waals surface area (Å²) in [6, 6.07) is 11.7. The summed E-state index contributed by atoms with van der Waals surface area (Å²) in [4.78, 5) is 11.3. The second-order valence-electron chi connectivity index (χ2n) is 3.69. The number of anilines is 1. The maximum absolute atomic E-state index is 11.3. The summed E-state index contributed by atoms with van der Waals surface area (Å²) in [7, 11) is 0. The lowest BCUT2D eigenvalue weighted by Crippen LogP contribution is -2.14. The van der Waals surface area contributed by atoms with Gasteiger partial charge in [-0.15, -0.1) is 11.6 Å². The third kappa shape index (κ3) is 3.11. The molecule has 17 heavy (non-hydrogen) atoms. The van der Waals surface area contributed by atoms with E-state index in [2.05, 4.69) is 5.32 Å². The quantitative estimate of drug-likeness (QED) is 0.830.